The van der Waals surface area contributed by atoms with Gasteiger partial charge in [0.25, 0.3) is 0 Å². The molecule has 0 radical (unpaired) electrons. The Labute approximate surface area is 168 Å². The van der Waals surface area contributed by atoms with E-state index in [2.05, 4.69) is 20.8 Å². The summed E-state index contributed by atoms with van der Waals surface area (Å²) in [6.07, 6.45) is 7.16. The third-order valence-electron chi connectivity index (χ3n) is 9.35. The maximum atomic E-state index is 11.9. The monoisotopic (exact) mass is 392 g/mol. The van der Waals surface area contributed by atoms with Crippen molar-refractivity contribution in [2.24, 2.45) is 22.7 Å². The van der Waals surface area contributed by atoms with Crippen molar-refractivity contribution in [3.63, 3.8) is 0 Å². The molecule has 5 heteroatoms. The van der Waals surface area contributed by atoms with Gasteiger partial charge >= 0.3 is 5.97 Å². The first-order valence-electron chi connectivity index (χ1n) is 11.2. The first-order valence-corrected chi connectivity index (χ1v) is 11.2. The number of ether oxygens (including phenoxy) is 4. The molecule has 0 N–H and O–H groups in total. The summed E-state index contributed by atoms with van der Waals surface area (Å²) in [4.78, 5) is 11.9. The minimum atomic E-state index is -0.493. The first kappa shape index (κ1) is 19.3. The Kier molecular flexibility index (Phi) is 3.96. The minimum absolute atomic E-state index is 0.0107. The predicted molar refractivity (Wildman–Crippen MR) is 104 cm³/mol. The topological polar surface area (TPSA) is 54.0 Å². The standard InChI is InChI=1S/C23H36O5/c1-15-6-7-16-20(4)13-26-19(2,3)27-17(20)8-9-21(16,5)23(15)11-10-22(28-23)12-18(24)25-14-22/h15-17H,6-14H2,1-5H3/t15-,16+,17+,20+,21+,22-,23-/m1/s1. The average molecular weight is 393 g/mol. The molecule has 5 aliphatic rings. The number of cyclic esters (lactones) is 1. The van der Waals surface area contributed by atoms with Crippen LogP contribution in [0.25, 0.3) is 0 Å². The fourth-order valence-corrected chi connectivity index (χ4v) is 7.80. The van der Waals surface area contributed by atoms with Gasteiger partial charge in [-0.25, -0.2) is 0 Å². The van der Waals surface area contributed by atoms with Gasteiger partial charge in [0.1, 0.15) is 12.2 Å². The van der Waals surface area contributed by atoms with Gasteiger partial charge in [0, 0.05) is 10.8 Å². The van der Waals surface area contributed by atoms with E-state index in [1.54, 1.807) is 0 Å². The molecular formula is C23H36O5. The van der Waals surface area contributed by atoms with E-state index in [9.17, 15) is 4.79 Å². The van der Waals surface area contributed by atoms with E-state index in [0.29, 0.717) is 24.9 Å². The van der Waals surface area contributed by atoms with Gasteiger partial charge in [-0.2, -0.15) is 0 Å². The highest BCUT2D eigenvalue weighted by Gasteiger charge is 2.70. The number of hydrogen-bond donors (Lipinski definition) is 0. The fraction of sp³-hybridized carbons (Fsp3) is 0.957. The molecule has 2 spiro atoms. The Morgan fingerprint density at radius 2 is 1.75 bits per heavy atom. The van der Waals surface area contributed by atoms with E-state index in [0.717, 1.165) is 38.7 Å². The molecule has 158 valence electrons. The lowest BCUT2D eigenvalue weighted by molar-refractivity contribution is -0.358. The Morgan fingerprint density at radius 1 is 0.964 bits per heavy atom. The van der Waals surface area contributed by atoms with Crippen LogP contribution in [0.2, 0.25) is 0 Å². The Hall–Kier alpha value is -0.650. The molecule has 28 heavy (non-hydrogen) atoms. The number of carbonyl (C=O) groups is 1. The maximum Gasteiger partial charge on any atom is 0.308 e. The van der Waals surface area contributed by atoms with Crippen LogP contribution in [0.3, 0.4) is 0 Å². The number of hydrogen-bond acceptors (Lipinski definition) is 5. The SMILES string of the molecule is C[C@@H]1CC[C@H]2[C@]3(C)COC(C)(C)O[C@H]3CC[C@]2(C)[C@@]12CC[C@@]1(COC(=O)C1)O2. The summed E-state index contributed by atoms with van der Waals surface area (Å²) in [5.74, 6) is 0.395. The molecule has 5 rings (SSSR count). The number of esters is 1. The molecular weight excluding hydrogens is 356 g/mol. The van der Waals surface area contributed by atoms with Crippen molar-refractivity contribution in [2.75, 3.05) is 13.2 Å². The molecule has 3 heterocycles. The molecule has 0 unspecified atom stereocenters. The van der Waals surface area contributed by atoms with E-state index < -0.39 is 11.4 Å². The van der Waals surface area contributed by atoms with E-state index >= 15 is 0 Å². The summed E-state index contributed by atoms with van der Waals surface area (Å²) in [5.41, 5.74) is -0.490. The van der Waals surface area contributed by atoms with Crippen molar-refractivity contribution in [3.8, 4) is 0 Å². The third kappa shape index (κ3) is 2.39. The molecule has 3 saturated heterocycles. The lowest BCUT2D eigenvalue weighted by atomic mass is 9.43. The summed E-state index contributed by atoms with van der Waals surface area (Å²) < 4.78 is 25.0. The van der Waals surface area contributed by atoms with Gasteiger partial charge in [0.2, 0.25) is 0 Å². The van der Waals surface area contributed by atoms with Gasteiger partial charge in [0.05, 0.1) is 24.7 Å². The summed E-state index contributed by atoms with van der Waals surface area (Å²) in [6.45, 7) is 12.5. The molecule has 7 atom stereocenters. The van der Waals surface area contributed by atoms with E-state index in [4.69, 9.17) is 18.9 Å². The fourth-order valence-electron chi connectivity index (χ4n) is 7.80. The molecule has 2 saturated carbocycles. The van der Waals surface area contributed by atoms with Crippen LogP contribution >= 0.6 is 0 Å². The van der Waals surface area contributed by atoms with Gasteiger partial charge in [-0.05, 0) is 64.2 Å². The normalized spacial score (nSPS) is 55.2. The van der Waals surface area contributed by atoms with Crippen molar-refractivity contribution in [2.45, 2.75) is 103 Å². The van der Waals surface area contributed by atoms with Crippen molar-refractivity contribution < 1.29 is 23.7 Å². The summed E-state index contributed by atoms with van der Waals surface area (Å²) in [5, 5.41) is 0. The van der Waals surface area contributed by atoms with Crippen LogP contribution in [0.15, 0.2) is 0 Å². The van der Waals surface area contributed by atoms with E-state index in [-0.39, 0.29) is 28.5 Å². The second kappa shape index (κ2) is 5.73. The Morgan fingerprint density at radius 3 is 2.46 bits per heavy atom. The molecule has 0 aromatic rings. The molecule has 0 bridgehead atoms. The largest absolute Gasteiger partial charge is 0.463 e. The molecule has 5 fully saturated rings. The first-order chi connectivity index (χ1) is 13.0. The van der Waals surface area contributed by atoms with E-state index in [1.807, 2.05) is 13.8 Å². The zero-order valence-corrected chi connectivity index (χ0v) is 18.1. The predicted octanol–water partition coefficient (Wildman–Crippen LogP) is 4.23. The number of carbonyl (C=O) groups excluding carboxylic acids is 1. The highest BCUT2D eigenvalue weighted by atomic mass is 16.7. The van der Waals surface area contributed by atoms with Crippen LogP contribution in [0.1, 0.15) is 79.6 Å². The van der Waals surface area contributed by atoms with Gasteiger partial charge in [-0.3, -0.25) is 4.79 Å². The van der Waals surface area contributed by atoms with Crippen LogP contribution in [-0.4, -0.2) is 42.3 Å². The van der Waals surface area contributed by atoms with Crippen LogP contribution in [0.5, 0.6) is 0 Å². The summed E-state index contributed by atoms with van der Waals surface area (Å²) in [6, 6.07) is 0. The Bertz CT molecular complexity index is 690. The van der Waals surface area contributed by atoms with Crippen molar-refractivity contribution in [1.29, 1.82) is 0 Å². The highest BCUT2D eigenvalue weighted by molar-refractivity contribution is 5.73. The smallest absolute Gasteiger partial charge is 0.308 e. The van der Waals surface area contributed by atoms with Crippen LogP contribution in [-0.2, 0) is 23.7 Å². The molecule has 2 aliphatic carbocycles. The average Bonchev–Trinajstić information content (AvgIpc) is 3.18. The zero-order chi connectivity index (χ0) is 20.0. The van der Waals surface area contributed by atoms with Gasteiger partial charge in [-0.15, -0.1) is 0 Å². The van der Waals surface area contributed by atoms with Crippen molar-refractivity contribution in [1.82, 2.24) is 0 Å². The number of fused-ring (bicyclic) bond motifs is 4. The Balaban J connectivity index is 1.51. The second-order valence-corrected chi connectivity index (χ2v) is 11.3. The van der Waals surface area contributed by atoms with Gasteiger partial charge < -0.3 is 18.9 Å². The molecule has 0 aromatic carbocycles. The van der Waals surface area contributed by atoms with Crippen molar-refractivity contribution in [3.05, 3.63) is 0 Å². The van der Waals surface area contributed by atoms with Gasteiger partial charge in [-0.1, -0.05) is 20.8 Å². The lowest BCUT2D eigenvalue weighted by Gasteiger charge is -2.67. The van der Waals surface area contributed by atoms with E-state index in [1.165, 1.54) is 6.42 Å². The van der Waals surface area contributed by atoms with Crippen LogP contribution in [0.4, 0.5) is 0 Å². The van der Waals surface area contributed by atoms with Crippen molar-refractivity contribution >= 4 is 5.97 Å². The maximum absolute atomic E-state index is 11.9. The summed E-state index contributed by atoms with van der Waals surface area (Å²) >= 11 is 0. The van der Waals surface area contributed by atoms with Crippen LogP contribution in [0, 0.1) is 22.7 Å². The molecule has 0 aromatic heterocycles. The molecule has 5 nitrogen and oxygen atoms in total. The third-order valence-corrected chi connectivity index (χ3v) is 9.35. The lowest BCUT2D eigenvalue weighted by Crippen LogP contribution is -2.68. The quantitative estimate of drug-likeness (QED) is 0.578. The molecule has 3 aliphatic heterocycles. The molecule has 0 amide bonds. The van der Waals surface area contributed by atoms with Gasteiger partial charge in [0.15, 0.2) is 5.79 Å². The summed E-state index contributed by atoms with van der Waals surface area (Å²) in [7, 11) is 0. The minimum Gasteiger partial charge on any atom is -0.463 e. The number of rotatable bonds is 0. The second-order valence-electron chi connectivity index (χ2n) is 11.3. The highest BCUT2D eigenvalue weighted by Crippen LogP contribution is 2.69. The zero-order valence-electron chi connectivity index (χ0n) is 18.1. The van der Waals surface area contributed by atoms with Crippen LogP contribution < -0.4 is 0 Å².